The molecule has 0 bridgehead atoms. The standard InChI is InChI=1S/C69H119NO10/c1-4-7-10-13-16-19-22-25-27-28-29-30-31-32-33-34-35-36-37-39-42-45-48-51-54-57-64(74)80-67-66(76)65(75)63(58-71)79-69(67)78-59-60(61(72)55-52-49-46-43-40-24-21-18-15-12-9-6-3)70-68(77)62(73)56-53-50-47-44-41-38-26-23-20-17-14-11-8-5-2/h7,10,16,19-20,23,25,27,29-30,32-33,35-36,52,55,60-63,65-67,69,71-73,75-76H,4-6,8-9,11-15,17-18,21-22,24,26,28,31,34,37-51,53-54,56-59H2,1-3H3,(H,70,77)/b10-7-,19-16-,23-20-,27-25-,30-29-,33-32-,36-35-,55-52+. The summed E-state index contributed by atoms with van der Waals surface area (Å²) in [7, 11) is 0. The Morgan fingerprint density at radius 2 is 0.900 bits per heavy atom. The molecule has 1 amide bonds. The highest BCUT2D eigenvalue weighted by Crippen LogP contribution is 2.26. The van der Waals surface area contributed by atoms with E-state index in [-0.39, 0.29) is 19.4 Å². The van der Waals surface area contributed by atoms with Crippen molar-refractivity contribution in [2.24, 2.45) is 0 Å². The van der Waals surface area contributed by atoms with E-state index in [9.17, 15) is 35.1 Å². The van der Waals surface area contributed by atoms with Gasteiger partial charge in [-0.15, -0.1) is 0 Å². The van der Waals surface area contributed by atoms with Gasteiger partial charge in [0.25, 0.3) is 0 Å². The molecule has 0 aromatic carbocycles. The molecule has 0 radical (unpaired) electrons. The molecule has 11 heteroatoms. The normalized spacial score (nSPS) is 19.4. The van der Waals surface area contributed by atoms with Crippen molar-refractivity contribution in [3.8, 4) is 0 Å². The van der Waals surface area contributed by atoms with Gasteiger partial charge in [0.1, 0.15) is 24.4 Å². The molecule has 0 spiro atoms. The van der Waals surface area contributed by atoms with Crippen LogP contribution in [0.25, 0.3) is 0 Å². The Kier molecular flexibility index (Phi) is 52.3. The highest BCUT2D eigenvalue weighted by molar-refractivity contribution is 5.80. The molecule has 11 nitrogen and oxygen atoms in total. The summed E-state index contributed by atoms with van der Waals surface area (Å²) in [4.78, 5) is 26.6. The second-order valence-corrected chi connectivity index (χ2v) is 22.1. The molecule has 1 saturated heterocycles. The van der Waals surface area contributed by atoms with Crippen LogP contribution in [0.4, 0.5) is 0 Å². The van der Waals surface area contributed by atoms with Crippen molar-refractivity contribution in [2.75, 3.05) is 13.2 Å². The van der Waals surface area contributed by atoms with Gasteiger partial charge in [-0.2, -0.15) is 0 Å². The monoisotopic (exact) mass is 1120 g/mol. The van der Waals surface area contributed by atoms with E-state index in [0.717, 1.165) is 128 Å². The summed E-state index contributed by atoms with van der Waals surface area (Å²) in [6, 6.07) is -1.03. The van der Waals surface area contributed by atoms with Crippen LogP contribution in [0.15, 0.2) is 97.2 Å². The quantitative estimate of drug-likeness (QED) is 0.0195. The molecule has 8 unspecified atom stereocenters. The number of allylic oxidation sites excluding steroid dienone is 15. The Hall–Kier alpha value is -3.42. The summed E-state index contributed by atoms with van der Waals surface area (Å²) in [5.41, 5.74) is 0. The van der Waals surface area contributed by atoms with E-state index in [0.29, 0.717) is 12.8 Å². The molecule has 1 fully saturated rings. The molecule has 0 aliphatic carbocycles. The first-order valence-corrected chi connectivity index (χ1v) is 32.5. The molecule has 0 aromatic rings. The molecule has 1 rings (SSSR count). The van der Waals surface area contributed by atoms with Crippen molar-refractivity contribution in [3.05, 3.63) is 97.2 Å². The van der Waals surface area contributed by atoms with Crippen molar-refractivity contribution >= 4 is 11.9 Å². The van der Waals surface area contributed by atoms with Crippen LogP contribution in [0, 0.1) is 0 Å². The third kappa shape index (κ3) is 43.3. The van der Waals surface area contributed by atoms with E-state index in [1.54, 1.807) is 6.08 Å². The second-order valence-electron chi connectivity index (χ2n) is 22.1. The minimum absolute atomic E-state index is 0.101. The van der Waals surface area contributed by atoms with Crippen LogP contribution in [0.3, 0.4) is 0 Å². The van der Waals surface area contributed by atoms with Gasteiger partial charge in [0.15, 0.2) is 12.4 Å². The number of nitrogens with one attached hydrogen (secondary N) is 1. The van der Waals surface area contributed by atoms with Crippen molar-refractivity contribution < 1.29 is 49.3 Å². The number of rotatable bonds is 54. The fourth-order valence-electron chi connectivity index (χ4n) is 9.59. The number of carbonyl (C=O) groups is 2. The van der Waals surface area contributed by atoms with E-state index < -0.39 is 67.4 Å². The lowest BCUT2D eigenvalue weighted by molar-refractivity contribution is -0.305. The lowest BCUT2D eigenvalue weighted by Crippen LogP contribution is -2.61. The van der Waals surface area contributed by atoms with Gasteiger partial charge in [0.2, 0.25) is 5.91 Å². The number of carbonyl (C=O) groups excluding carboxylic acids is 2. The van der Waals surface area contributed by atoms with Gasteiger partial charge < -0.3 is 45.1 Å². The van der Waals surface area contributed by atoms with E-state index in [4.69, 9.17) is 14.2 Å². The van der Waals surface area contributed by atoms with E-state index >= 15 is 0 Å². The molecule has 0 aromatic heterocycles. The van der Waals surface area contributed by atoms with E-state index in [2.05, 4.69) is 111 Å². The largest absolute Gasteiger partial charge is 0.454 e. The molecule has 1 aliphatic heterocycles. The number of aliphatic hydroxyl groups excluding tert-OH is 5. The smallest absolute Gasteiger partial charge is 0.306 e. The van der Waals surface area contributed by atoms with Crippen LogP contribution in [-0.2, 0) is 23.8 Å². The van der Waals surface area contributed by atoms with Gasteiger partial charge in [-0.25, -0.2) is 0 Å². The van der Waals surface area contributed by atoms with Gasteiger partial charge in [-0.05, 0) is 103 Å². The Morgan fingerprint density at radius 1 is 0.500 bits per heavy atom. The Labute approximate surface area is 488 Å². The summed E-state index contributed by atoms with van der Waals surface area (Å²) >= 11 is 0. The average molecular weight is 1120 g/mol. The molecule has 80 heavy (non-hydrogen) atoms. The molecule has 1 heterocycles. The van der Waals surface area contributed by atoms with Crippen LogP contribution < -0.4 is 5.32 Å². The van der Waals surface area contributed by atoms with Crippen molar-refractivity contribution in [3.63, 3.8) is 0 Å². The summed E-state index contributed by atoms with van der Waals surface area (Å²) in [6.45, 7) is 5.65. The summed E-state index contributed by atoms with van der Waals surface area (Å²) in [6.07, 6.45) is 64.4. The highest BCUT2D eigenvalue weighted by atomic mass is 16.7. The zero-order chi connectivity index (χ0) is 58.2. The van der Waals surface area contributed by atoms with Crippen LogP contribution in [0.5, 0.6) is 0 Å². The van der Waals surface area contributed by atoms with Crippen molar-refractivity contribution in [2.45, 2.75) is 314 Å². The second kappa shape index (κ2) is 56.1. The number of esters is 1. The van der Waals surface area contributed by atoms with Gasteiger partial charge in [-0.3, -0.25) is 9.59 Å². The predicted molar refractivity (Wildman–Crippen MR) is 333 cm³/mol. The highest BCUT2D eigenvalue weighted by Gasteiger charge is 2.47. The SMILES string of the molecule is CC/C=C\C/C=C\C/C=C\C/C=C\C/C=C\C/C=C\CCCCCCCCC(=O)OC1C(OCC(NC(=O)C(O)CCCCCCCC/C=C\CCCCCC)C(O)/C=C/CCCCCCCCCCCC)OC(CO)C(O)C1O. The van der Waals surface area contributed by atoms with Gasteiger partial charge in [0.05, 0.1) is 25.4 Å². The zero-order valence-corrected chi connectivity index (χ0v) is 50.9. The molecule has 8 atom stereocenters. The zero-order valence-electron chi connectivity index (χ0n) is 50.9. The van der Waals surface area contributed by atoms with Gasteiger partial charge >= 0.3 is 5.97 Å². The van der Waals surface area contributed by atoms with Gasteiger partial charge in [-0.1, -0.05) is 253 Å². The lowest BCUT2D eigenvalue weighted by Gasteiger charge is -2.41. The van der Waals surface area contributed by atoms with Crippen molar-refractivity contribution in [1.29, 1.82) is 0 Å². The van der Waals surface area contributed by atoms with Gasteiger partial charge in [0, 0.05) is 6.42 Å². The van der Waals surface area contributed by atoms with Crippen LogP contribution in [0.1, 0.15) is 265 Å². The van der Waals surface area contributed by atoms with E-state index in [1.165, 1.54) is 89.9 Å². The number of aliphatic hydroxyl groups is 5. The summed E-state index contributed by atoms with van der Waals surface area (Å²) in [5, 5.41) is 57.0. The average Bonchev–Trinajstić information content (AvgIpc) is 3.46. The number of unbranched alkanes of at least 4 members (excludes halogenated alkanes) is 26. The predicted octanol–water partition coefficient (Wildman–Crippen LogP) is 15.9. The molecular formula is C69H119NO10. The lowest BCUT2D eigenvalue weighted by atomic mass is 9.99. The number of hydrogen-bond donors (Lipinski definition) is 6. The minimum atomic E-state index is -1.63. The molecule has 460 valence electrons. The van der Waals surface area contributed by atoms with Crippen molar-refractivity contribution in [1.82, 2.24) is 5.32 Å². The van der Waals surface area contributed by atoms with E-state index in [1.807, 2.05) is 6.08 Å². The third-order valence-corrected chi connectivity index (χ3v) is 14.7. The minimum Gasteiger partial charge on any atom is -0.454 e. The molecular weight excluding hydrogens is 1000 g/mol. The maximum atomic E-state index is 13.4. The van der Waals surface area contributed by atoms with Crippen LogP contribution in [-0.4, -0.2) is 99.6 Å². The number of hydrogen-bond acceptors (Lipinski definition) is 10. The number of amides is 1. The first-order valence-electron chi connectivity index (χ1n) is 32.5. The molecule has 6 N–H and O–H groups in total. The fourth-order valence-corrected chi connectivity index (χ4v) is 9.59. The summed E-state index contributed by atoms with van der Waals surface area (Å²) < 4.78 is 17.6. The summed E-state index contributed by atoms with van der Waals surface area (Å²) in [5.74, 6) is -1.22. The first-order chi connectivity index (χ1) is 39.2. The Morgan fingerprint density at radius 3 is 1.38 bits per heavy atom. The van der Waals surface area contributed by atoms with Crippen LogP contribution in [0.2, 0.25) is 0 Å². The fraction of sp³-hybridized carbons (Fsp3) is 0.739. The van der Waals surface area contributed by atoms with Crippen LogP contribution >= 0.6 is 0 Å². The number of ether oxygens (including phenoxy) is 3. The topological polar surface area (TPSA) is 175 Å². The Bertz CT molecular complexity index is 1670. The maximum absolute atomic E-state index is 13.4. The Balaban J connectivity index is 2.63. The molecule has 0 saturated carbocycles. The first kappa shape index (κ1) is 74.6. The third-order valence-electron chi connectivity index (χ3n) is 14.7. The maximum Gasteiger partial charge on any atom is 0.306 e. The molecule has 1 aliphatic rings.